The number of amides is 1. The largest absolute Gasteiger partial charge is 0.449 e. The fourth-order valence-electron chi connectivity index (χ4n) is 1.44. The van der Waals surface area contributed by atoms with Crippen LogP contribution in [0.1, 0.15) is 30.9 Å². The van der Waals surface area contributed by atoms with Gasteiger partial charge in [0.25, 0.3) is 0 Å². The van der Waals surface area contributed by atoms with Crippen LogP contribution in [-0.4, -0.2) is 12.7 Å². The zero-order chi connectivity index (χ0) is 14.5. The predicted octanol–water partition coefficient (Wildman–Crippen LogP) is 4.36. The molecule has 0 aliphatic carbocycles. The molecular weight excluding hydrogens is 259 g/mol. The number of hydrogen-bond donors (Lipinski definition) is 1. The van der Waals surface area contributed by atoms with Crippen LogP contribution in [0, 0.1) is 6.92 Å². The molecule has 0 bridgehead atoms. The van der Waals surface area contributed by atoms with Crippen molar-refractivity contribution in [2.45, 2.75) is 32.9 Å². The van der Waals surface area contributed by atoms with Crippen LogP contribution in [-0.2, 0) is 10.9 Å². The average molecular weight is 275 g/mol. The van der Waals surface area contributed by atoms with Crippen LogP contribution in [0.5, 0.6) is 0 Å². The number of carbonyl (C=O) groups is 1. The molecule has 0 radical (unpaired) electrons. The summed E-state index contributed by atoms with van der Waals surface area (Å²) >= 11 is 0. The Morgan fingerprint density at radius 1 is 1.37 bits per heavy atom. The maximum absolute atomic E-state index is 12.5. The summed E-state index contributed by atoms with van der Waals surface area (Å²) in [5.41, 5.74) is -0.0911. The SMILES string of the molecule is CCCCOC(=O)Nc1ccc(C(F)(F)F)cc1C. The number of nitrogens with one attached hydrogen (secondary N) is 1. The van der Waals surface area contributed by atoms with E-state index in [2.05, 4.69) is 5.32 Å². The molecule has 0 aliphatic rings. The molecule has 0 unspecified atom stereocenters. The Labute approximate surface area is 109 Å². The summed E-state index contributed by atoms with van der Waals surface area (Å²) < 4.78 is 42.2. The van der Waals surface area contributed by atoms with E-state index in [-0.39, 0.29) is 0 Å². The quantitative estimate of drug-likeness (QED) is 0.829. The number of ether oxygens (including phenoxy) is 1. The molecule has 3 nitrogen and oxygen atoms in total. The Kier molecular flexibility index (Phi) is 5.20. The zero-order valence-corrected chi connectivity index (χ0v) is 10.8. The first-order chi connectivity index (χ1) is 8.84. The highest BCUT2D eigenvalue weighted by Crippen LogP contribution is 2.31. The minimum Gasteiger partial charge on any atom is -0.449 e. The molecule has 0 fully saturated rings. The molecular formula is C13H16F3NO2. The summed E-state index contributed by atoms with van der Waals surface area (Å²) in [6.45, 7) is 3.75. The van der Waals surface area contributed by atoms with Crippen LogP contribution < -0.4 is 5.32 Å². The van der Waals surface area contributed by atoms with Crippen molar-refractivity contribution >= 4 is 11.8 Å². The van der Waals surface area contributed by atoms with Crippen molar-refractivity contribution in [3.63, 3.8) is 0 Å². The Morgan fingerprint density at radius 2 is 2.05 bits per heavy atom. The number of alkyl halides is 3. The van der Waals surface area contributed by atoms with Gasteiger partial charge in [0, 0.05) is 5.69 Å². The van der Waals surface area contributed by atoms with E-state index in [4.69, 9.17) is 4.74 Å². The average Bonchev–Trinajstić information content (AvgIpc) is 2.31. The molecule has 0 atom stereocenters. The van der Waals surface area contributed by atoms with E-state index >= 15 is 0 Å². The second-order valence-electron chi connectivity index (χ2n) is 4.14. The standard InChI is InChI=1S/C13H16F3NO2/c1-3-4-7-19-12(18)17-11-6-5-10(8-9(11)2)13(14,15)16/h5-6,8H,3-4,7H2,1-2H3,(H,17,18). The van der Waals surface area contributed by atoms with Crippen LogP contribution in [0.15, 0.2) is 18.2 Å². The maximum atomic E-state index is 12.5. The fraction of sp³-hybridized carbons (Fsp3) is 0.462. The predicted molar refractivity (Wildman–Crippen MR) is 66.1 cm³/mol. The third kappa shape index (κ3) is 4.81. The van der Waals surface area contributed by atoms with Crippen molar-refractivity contribution in [2.75, 3.05) is 11.9 Å². The van der Waals surface area contributed by atoms with Crippen LogP contribution in [0.2, 0.25) is 0 Å². The minimum absolute atomic E-state index is 0.294. The molecule has 6 heteroatoms. The second-order valence-corrected chi connectivity index (χ2v) is 4.14. The normalized spacial score (nSPS) is 11.2. The number of carbonyl (C=O) groups excluding carboxylic acids is 1. The van der Waals surface area contributed by atoms with Gasteiger partial charge in [0.05, 0.1) is 12.2 Å². The van der Waals surface area contributed by atoms with Gasteiger partial charge in [-0.1, -0.05) is 13.3 Å². The lowest BCUT2D eigenvalue weighted by atomic mass is 10.1. The number of aryl methyl sites for hydroxylation is 1. The van der Waals surface area contributed by atoms with E-state index < -0.39 is 17.8 Å². The summed E-state index contributed by atoms with van der Waals surface area (Å²) in [4.78, 5) is 11.4. The number of halogens is 3. The van der Waals surface area contributed by atoms with Crippen molar-refractivity contribution in [1.82, 2.24) is 0 Å². The molecule has 0 spiro atoms. The van der Waals surface area contributed by atoms with E-state index in [1.165, 1.54) is 13.0 Å². The number of rotatable bonds is 4. The van der Waals surface area contributed by atoms with Crippen LogP contribution in [0.3, 0.4) is 0 Å². The second kappa shape index (κ2) is 6.45. The van der Waals surface area contributed by atoms with Gasteiger partial charge in [-0.3, -0.25) is 5.32 Å². The lowest BCUT2D eigenvalue weighted by Crippen LogP contribution is -2.15. The van der Waals surface area contributed by atoms with Crippen LogP contribution in [0.4, 0.5) is 23.7 Å². The Bertz CT molecular complexity index is 444. The van der Waals surface area contributed by atoms with Crippen LogP contribution >= 0.6 is 0 Å². The van der Waals surface area contributed by atoms with Crippen LogP contribution in [0.25, 0.3) is 0 Å². The van der Waals surface area contributed by atoms with E-state index in [1.54, 1.807) is 0 Å². The molecule has 1 aromatic carbocycles. The number of hydrogen-bond acceptors (Lipinski definition) is 2. The van der Waals surface area contributed by atoms with Gasteiger partial charge in [-0.05, 0) is 37.1 Å². The van der Waals surface area contributed by atoms with Gasteiger partial charge in [0.2, 0.25) is 0 Å². The molecule has 0 aliphatic heterocycles. The zero-order valence-electron chi connectivity index (χ0n) is 10.8. The lowest BCUT2D eigenvalue weighted by Gasteiger charge is -2.12. The molecule has 19 heavy (non-hydrogen) atoms. The smallest absolute Gasteiger partial charge is 0.416 e. The van der Waals surface area contributed by atoms with Gasteiger partial charge in [-0.25, -0.2) is 4.79 Å². The Balaban J connectivity index is 2.67. The molecule has 0 saturated heterocycles. The highest BCUT2D eigenvalue weighted by atomic mass is 19.4. The monoisotopic (exact) mass is 275 g/mol. The van der Waals surface area contributed by atoms with E-state index in [9.17, 15) is 18.0 Å². The molecule has 1 aromatic rings. The Morgan fingerprint density at radius 3 is 2.58 bits per heavy atom. The third-order valence-corrected chi connectivity index (χ3v) is 2.52. The summed E-state index contributed by atoms with van der Waals surface area (Å²) in [7, 11) is 0. The number of unbranched alkanes of at least 4 members (excludes halogenated alkanes) is 1. The first kappa shape index (κ1) is 15.3. The first-order valence-electron chi connectivity index (χ1n) is 5.96. The summed E-state index contributed by atoms with van der Waals surface area (Å²) in [5.74, 6) is 0. The van der Waals surface area contributed by atoms with Gasteiger partial charge in [0.15, 0.2) is 0 Å². The molecule has 1 amide bonds. The highest BCUT2D eigenvalue weighted by Gasteiger charge is 2.30. The summed E-state index contributed by atoms with van der Waals surface area (Å²) in [6, 6.07) is 3.13. The van der Waals surface area contributed by atoms with Gasteiger partial charge < -0.3 is 4.74 Å². The van der Waals surface area contributed by atoms with E-state index in [1.807, 2.05) is 6.92 Å². The van der Waals surface area contributed by atoms with Crippen molar-refractivity contribution < 1.29 is 22.7 Å². The highest BCUT2D eigenvalue weighted by molar-refractivity contribution is 5.85. The minimum atomic E-state index is -4.38. The molecule has 1 N–H and O–H groups in total. The van der Waals surface area contributed by atoms with Gasteiger partial charge in [-0.15, -0.1) is 0 Å². The molecule has 106 valence electrons. The summed E-state index contributed by atoms with van der Waals surface area (Å²) in [5, 5.41) is 2.42. The topological polar surface area (TPSA) is 38.3 Å². The van der Waals surface area contributed by atoms with Gasteiger partial charge in [0.1, 0.15) is 0 Å². The maximum Gasteiger partial charge on any atom is 0.416 e. The molecule has 0 heterocycles. The first-order valence-corrected chi connectivity index (χ1v) is 5.96. The lowest BCUT2D eigenvalue weighted by molar-refractivity contribution is -0.137. The fourth-order valence-corrected chi connectivity index (χ4v) is 1.44. The van der Waals surface area contributed by atoms with Crippen molar-refractivity contribution in [1.29, 1.82) is 0 Å². The number of anilines is 1. The van der Waals surface area contributed by atoms with E-state index in [0.29, 0.717) is 17.9 Å². The van der Waals surface area contributed by atoms with Gasteiger partial charge >= 0.3 is 12.3 Å². The van der Waals surface area contributed by atoms with E-state index in [0.717, 1.165) is 25.0 Å². The third-order valence-electron chi connectivity index (χ3n) is 2.52. The van der Waals surface area contributed by atoms with Crippen molar-refractivity contribution in [3.05, 3.63) is 29.3 Å². The Hall–Kier alpha value is -1.72. The molecule has 1 rings (SSSR count). The molecule has 0 aromatic heterocycles. The van der Waals surface area contributed by atoms with Crippen molar-refractivity contribution in [2.24, 2.45) is 0 Å². The van der Waals surface area contributed by atoms with Gasteiger partial charge in [-0.2, -0.15) is 13.2 Å². The summed E-state index contributed by atoms with van der Waals surface area (Å²) in [6.07, 6.45) is -3.40. The van der Waals surface area contributed by atoms with Crippen molar-refractivity contribution in [3.8, 4) is 0 Å². The molecule has 0 saturated carbocycles. The number of benzene rings is 1.